The number of amides is 1. The van der Waals surface area contributed by atoms with Crippen molar-refractivity contribution in [1.29, 1.82) is 0 Å². The van der Waals surface area contributed by atoms with Crippen molar-refractivity contribution in [3.8, 4) is 0 Å². The highest BCUT2D eigenvalue weighted by Gasteiger charge is 2.32. The average Bonchev–Trinajstić information content (AvgIpc) is 3.40. The molecule has 0 spiro atoms. The lowest BCUT2D eigenvalue weighted by atomic mass is 9.98. The molecule has 168 valence electrons. The molecular formula is C23H26ClFN6O. The molecular weight excluding hydrogens is 431 g/mol. The molecule has 0 bridgehead atoms. The first kappa shape index (κ1) is 21.1. The van der Waals surface area contributed by atoms with E-state index in [9.17, 15) is 9.18 Å². The summed E-state index contributed by atoms with van der Waals surface area (Å²) in [6.45, 7) is 6.88. The third-order valence-electron chi connectivity index (χ3n) is 6.53. The first-order valence-corrected chi connectivity index (χ1v) is 11.5. The smallest absolute Gasteiger partial charge is 0.257 e. The van der Waals surface area contributed by atoms with E-state index in [2.05, 4.69) is 23.7 Å². The molecule has 0 aliphatic carbocycles. The monoisotopic (exact) mass is 456 g/mol. The van der Waals surface area contributed by atoms with Crippen molar-refractivity contribution in [2.45, 2.75) is 45.6 Å². The summed E-state index contributed by atoms with van der Waals surface area (Å²) in [7, 11) is 0. The van der Waals surface area contributed by atoms with E-state index in [1.54, 1.807) is 9.42 Å². The Morgan fingerprint density at radius 2 is 2.09 bits per heavy atom. The van der Waals surface area contributed by atoms with Crippen LogP contribution in [0, 0.1) is 18.7 Å². The van der Waals surface area contributed by atoms with Gasteiger partial charge in [-0.15, -0.1) is 0 Å². The van der Waals surface area contributed by atoms with E-state index >= 15 is 0 Å². The molecule has 3 aromatic heterocycles. The van der Waals surface area contributed by atoms with Gasteiger partial charge in [0.15, 0.2) is 16.6 Å². The van der Waals surface area contributed by atoms with Gasteiger partial charge in [-0.2, -0.15) is 5.10 Å². The van der Waals surface area contributed by atoms with Gasteiger partial charge in [0.1, 0.15) is 5.82 Å². The Morgan fingerprint density at radius 1 is 1.25 bits per heavy atom. The fraction of sp³-hybridized carbons (Fsp3) is 0.478. The predicted octanol–water partition coefficient (Wildman–Crippen LogP) is 4.44. The van der Waals surface area contributed by atoms with Crippen molar-refractivity contribution in [2.24, 2.45) is 5.92 Å². The van der Waals surface area contributed by atoms with E-state index in [4.69, 9.17) is 21.7 Å². The minimum atomic E-state index is -0.778. The number of hydrogen-bond donors (Lipinski definition) is 0. The molecule has 0 saturated carbocycles. The largest absolute Gasteiger partial charge is 0.356 e. The Hall–Kier alpha value is -2.74. The summed E-state index contributed by atoms with van der Waals surface area (Å²) in [6, 6.07) is 3.10. The SMILES string of the molecule is Cc1cn2nc([C@@H]3CCCCN3C(=O)c3ccnc(Cl)c3F)cc2nc1N1CC[C@H](C)C1. The van der Waals surface area contributed by atoms with Crippen LogP contribution in [-0.2, 0) is 0 Å². The maximum Gasteiger partial charge on any atom is 0.257 e. The van der Waals surface area contributed by atoms with Crippen molar-refractivity contribution in [3.63, 3.8) is 0 Å². The summed E-state index contributed by atoms with van der Waals surface area (Å²) in [6.07, 6.45) is 7.14. The van der Waals surface area contributed by atoms with E-state index in [0.29, 0.717) is 12.5 Å². The van der Waals surface area contributed by atoms with Crippen molar-refractivity contribution >= 4 is 29.0 Å². The summed E-state index contributed by atoms with van der Waals surface area (Å²) in [4.78, 5) is 25.9. The topological polar surface area (TPSA) is 66.6 Å². The standard InChI is InChI=1S/C23H26ClFN6O/c1-14-7-10-29(12-14)22-15(2)13-31-19(27-22)11-17(28-31)18-5-3-4-9-30(18)23(32)16-6-8-26-21(24)20(16)25/h6,8,11,13-14,18H,3-5,7,9-10,12H2,1-2H3/t14-,18-/m0/s1. The second kappa shape index (κ2) is 8.31. The Kier molecular flexibility index (Phi) is 5.49. The Labute approximate surface area is 191 Å². The minimum absolute atomic E-state index is 0.0555. The molecule has 2 saturated heterocycles. The van der Waals surface area contributed by atoms with E-state index in [1.165, 1.54) is 18.7 Å². The van der Waals surface area contributed by atoms with Crippen LogP contribution in [0.2, 0.25) is 5.15 Å². The van der Waals surface area contributed by atoms with Crippen LogP contribution >= 0.6 is 11.6 Å². The number of carbonyl (C=O) groups excluding carboxylic acids is 1. The molecule has 0 radical (unpaired) electrons. The molecule has 5 heterocycles. The number of aryl methyl sites for hydroxylation is 1. The summed E-state index contributed by atoms with van der Waals surface area (Å²) in [5, 5.41) is 4.46. The average molecular weight is 457 g/mol. The molecule has 7 nitrogen and oxygen atoms in total. The molecule has 0 unspecified atom stereocenters. The van der Waals surface area contributed by atoms with Gasteiger partial charge in [0, 0.05) is 43.7 Å². The number of nitrogens with zero attached hydrogens (tertiary/aromatic N) is 6. The summed E-state index contributed by atoms with van der Waals surface area (Å²) < 4.78 is 16.3. The Bertz CT molecular complexity index is 1180. The fourth-order valence-electron chi connectivity index (χ4n) is 4.85. The van der Waals surface area contributed by atoms with Gasteiger partial charge in [0.25, 0.3) is 5.91 Å². The van der Waals surface area contributed by atoms with E-state index in [-0.39, 0.29) is 22.7 Å². The number of likely N-dealkylation sites (tertiary alicyclic amines) is 1. The molecule has 0 aromatic carbocycles. The number of piperidine rings is 1. The van der Waals surface area contributed by atoms with Gasteiger partial charge in [-0.05, 0) is 44.6 Å². The van der Waals surface area contributed by atoms with Gasteiger partial charge in [-0.3, -0.25) is 4.79 Å². The van der Waals surface area contributed by atoms with Crippen LogP contribution in [0.5, 0.6) is 0 Å². The lowest BCUT2D eigenvalue weighted by Gasteiger charge is -2.34. The highest BCUT2D eigenvalue weighted by Crippen LogP contribution is 2.33. The van der Waals surface area contributed by atoms with Crippen LogP contribution in [0.1, 0.15) is 60.3 Å². The molecule has 5 rings (SSSR count). The molecule has 9 heteroatoms. The van der Waals surface area contributed by atoms with E-state index in [0.717, 1.165) is 55.1 Å². The second-order valence-electron chi connectivity index (χ2n) is 8.93. The summed E-state index contributed by atoms with van der Waals surface area (Å²) >= 11 is 5.81. The molecule has 2 atom stereocenters. The Morgan fingerprint density at radius 3 is 2.88 bits per heavy atom. The number of halogens is 2. The maximum atomic E-state index is 14.5. The highest BCUT2D eigenvalue weighted by molar-refractivity contribution is 6.29. The molecule has 1 amide bonds. The minimum Gasteiger partial charge on any atom is -0.356 e. The summed E-state index contributed by atoms with van der Waals surface area (Å²) in [5.41, 5.74) is 2.56. The van der Waals surface area contributed by atoms with Gasteiger partial charge in [-0.25, -0.2) is 18.9 Å². The number of aromatic nitrogens is 4. The maximum absolute atomic E-state index is 14.5. The Balaban J connectivity index is 1.48. The van der Waals surface area contributed by atoms with Crippen LogP contribution in [0.15, 0.2) is 24.5 Å². The number of carbonyl (C=O) groups is 1. The lowest BCUT2D eigenvalue weighted by Crippen LogP contribution is -2.39. The fourth-order valence-corrected chi connectivity index (χ4v) is 5.01. The third kappa shape index (κ3) is 3.70. The molecule has 2 aliphatic rings. The molecule has 3 aromatic rings. The molecule has 2 aliphatic heterocycles. The van der Waals surface area contributed by atoms with E-state index in [1.807, 2.05) is 12.3 Å². The third-order valence-corrected chi connectivity index (χ3v) is 6.79. The first-order chi connectivity index (χ1) is 15.4. The second-order valence-corrected chi connectivity index (χ2v) is 9.29. The normalized spacial score (nSPS) is 21.5. The van der Waals surface area contributed by atoms with Crippen molar-refractivity contribution in [1.82, 2.24) is 24.5 Å². The van der Waals surface area contributed by atoms with Gasteiger partial charge >= 0.3 is 0 Å². The predicted molar refractivity (Wildman–Crippen MR) is 121 cm³/mol. The number of rotatable bonds is 3. The zero-order chi connectivity index (χ0) is 22.4. The van der Waals surface area contributed by atoms with Gasteiger partial charge in [-0.1, -0.05) is 18.5 Å². The van der Waals surface area contributed by atoms with Gasteiger partial charge < -0.3 is 9.80 Å². The van der Waals surface area contributed by atoms with Crippen LogP contribution in [0.4, 0.5) is 10.2 Å². The van der Waals surface area contributed by atoms with Crippen molar-refractivity contribution in [2.75, 3.05) is 24.5 Å². The quantitative estimate of drug-likeness (QED) is 0.545. The number of anilines is 1. The van der Waals surface area contributed by atoms with Crippen molar-refractivity contribution < 1.29 is 9.18 Å². The van der Waals surface area contributed by atoms with Crippen molar-refractivity contribution in [3.05, 3.63) is 52.3 Å². The number of fused-ring (bicyclic) bond motifs is 1. The zero-order valence-electron chi connectivity index (χ0n) is 18.3. The molecule has 32 heavy (non-hydrogen) atoms. The van der Waals surface area contributed by atoms with Gasteiger partial charge in [0.2, 0.25) is 0 Å². The lowest BCUT2D eigenvalue weighted by molar-refractivity contribution is 0.0600. The van der Waals surface area contributed by atoms with Crippen LogP contribution < -0.4 is 4.90 Å². The zero-order valence-corrected chi connectivity index (χ0v) is 19.0. The number of hydrogen-bond acceptors (Lipinski definition) is 5. The first-order valence-electron chi connectivity index (χ1n) is 11.1. The van der Waals surface area contributed by atoms with Crippen LogP contribution in [0.25, 0.3) is 5.65 Å². The number of pyridine rings is 1. The van der Waals surface area contributed by atoms with Crippen LogP contribution in [-0.4, -0.2) is 50.0 Å². The van der Waals surface area contributed by atoms with Gasteiger partial charge in [0.05, 0.1) is 17.3 Å². The molecule has 2 fully saturated rings. The molecule has 0 N–H and O–H groups in total. The highest BCUT2D eigenvalue weighted by atomic mass is 35.5. The van der Waals surface area contributed by atoms with Crippen LogP contribution in [0.3, 0.4) is 0 Å². The summed E-state index contributed by atoms with van der Waals surface area (Å²) in [5.74, 6) is 0.500. The van der Waals surface area contributed by atoms with E-state index < -0.39 is 5.82 Å².